The molecular weight excluding hydrogens is 568 g/mol. The van der Waals surface area contributed by atoms with E-state index in [-0.39, 0.29) is 23.4 Å². The summed E-state index contributed by atoms with van der Waals surface area (Å²) in [6, 6.07) is 14.5. The molecule has 0 bridgehead atoms. The number of benzene rings is 3. The molecule has 4 amide bonds. The Balaban J connectivity index is 1.53. The molecule has 1 aromatic heterocycles. The van der Waals surface area contributed by atoms with Crippen LogP contribution in [0.5, 0.6) is 0 Å². The molecule has 0 fully saturated rings. The van der Waals surface area contributed by atoms with Crippen LogP contribution in [0.1, 0.15) is 53.5 Å². The summed E-state index contributed by atoms with van der Waals surface area (Å²) in [6.07, 6.45) is -0.130. The molecular formula is C33H33F2N5O4. The number of imide groups is 1. The number of hydrogen-bond donors (Lipinski definition) is 2. The number of aryl methyl sites for hydroxylation is 2. The summed E-state index contributed by atoms with van der Waals surface area (Å²) in [5.41, 5.74) is 2.93. The largest absolute Gasteiger partial charge is 0.444 e. The van der Waals surface area contributed by atoms with Gasteiger partial charge in [-0.05, 0) is 63.9 Å². The lowest BCUT2D eigenvalue weighted by atomic mass is 9.99. The van der Waals surface area contributed by atoms with Crippen LogP contribution in [0, 0.1) is 25.5 Å². The summed E-state index contributed by atoms with van der Waals surface area (Å²) in [5, 5.41) is 9.15. The lowest BCUT2D eigenvalue weighted by molar-refractivity contribution is 0.0223. The number of nitrogens with zero attached hydrogens (tertiary/aromatic N) is 3. The smallest absolute Gasteiger partial charge is 0.410 e. The zero-order chi connectivity index (χ0) is 31.8. The van der Waals surface area contributed by atoms with Gasteiger partial charge in [0.15, 0.2) is 0 Å². The fourth-order valence-electron chi connectivity index (χ4n) is 5.18. The van der Waals surface area contributed by atoms with Gasteiger partial charge >= 0.3 is 12.1 Å². The van der Waals surface area contributed by atoms with Crippen molar-refractivity contribution in [2.45, 2.75) is 53.2 Å². The molecule has 2 N–H and O–H groups in total. The van der Waals surface area contributed by atoms with Crippen molar-refractivity contribution < 1.29 is 27.9 Å². The zero-order valence-electron chi connectivity index (χ0n) is 25.1. The second kappa shape index (κ2) is 11.9. The monoisotopic (exact) mass is 601 g/mol. The van der Waals surface area contributed by atoms with Gasteiger partial charge in [-0.25, -0.2) is 23.1 Å². The molecule has 0 unspecified atom stereocenters. The second-order valence-electron chi connectivity index (χ2n) is 11.7. The highest BCUT2D eigenvalue weighted by Gasteiger charge is 2.32. The predicted octanol–water partition coefficient (Wildman–Crippen LogP) is 6.69. The highest BCUT2D eigenvalue weighted by Crippen LogP contribution is 2.37. The van der Waals surface area contributed by atoms with Crippen LogP contribution in [-0.4, -0.2) is 44.9 Å². The van der Waals surface area contributed by atoms with Crippen LogP contribution in [0.25, 0.3) is 16.9 Å². The van der Waals surface area contributed by atoms with Gasteiger partial charge in [-0.3, -0.25) is 10.1 Å². The number of carbonyl (C=O) groups is 3. The van der Waals surface area contributed by atoms with E-state index in [1.54, 1.807) is 43.7 Å². The van der Waals surface area contributed by atoms with Crippen molar-refractivity contribution in [3.05, 3.63) is 100 Å². The number of fused-ring (bicyclic) bond motifs is 1. The Hall–Kier alpha value is -5.06. The van der Waals surface area contributed by atoms with Gasteiger partial charge in [0.1, 0.15) is 17.2 Å². The summed E-state index contributed by atoms with van der Waals surface area (Å²) in [5.74, 6) is -2.45. The van der Waals surface area contributed by atoms with Gasteiger partial charge in [0.05, 0.1) is 29.3 Å². The fraction of sp³-hybridized carbons (Fsp3) is 0.273. The molecule has 3 aromatic carbocycles. The van der Waals surface area contributed by atoms with Crippen LogP contribution < -0.4 is 10.6 Å². The van der Waals surface area contributed by atoms with Crippen LogP contribution in [0.3, 0.4) is 0 Å². The first-order chi connectivity index (χ1) is 20.8. The van der Waals surface area contributed by atoms with Gasteiger partial charge in [0.2, 0.25) is 0 Å². The van der Waals surface area contributed by atoms with Crippen LogP contribution in [0.4, 0.5) is 24.1 Å². The first kappa shape index (κ1) is 30.4. The Kier molecular flexibility index (Phi) is 8.23. The van der Waals surface area contributed by atoms with E-state index in [4.69, 9.17) is 9.84 Å². The predicted molar refractivity (Wildman–Crippen MR) is 162 cm³/mol. The third-order valence-corrected chi connectivity index (χ3v) is 7.16. The molecule has 5 rings (SSSR count). The van der Waals surface area contributed by atoms with Gasteiger partial charge in [-0.1, -0.05) is 36.4 Å². The molecule has 2 heterocycles. The van der Waals surface area contributed by atoms with Crippen molar-refractivity contribution in [3.63, 3.8) is 0 Å². The Morgan fingerprint density at radius 1 is 0.932 bits per heavy atom. The van der Waals surface area contributed by atoms with Crippen molar-refractivity contribution in [2.24, 2.45) is 0 Å². The number of ether oxygens (including phenoxy) is 1. The second-order valence-corrected chi connectivity index (χ2v) is 11.7. The number of hydrogen-bond acceptors (Lipinski definition) is 5. The van der Waals surface area contributed by atoms with Crippen LogP contribution in [0.15, 0.2) is 60.7 Å². The third-order valence-electron chi connectivity index (χ3n) is 7.16. The number of para-hydroxylation sites is 1. The minimum absolute atomic E-state index is 0.0789. The number of nitrogens with one attached hydrogen (secondary N) is 2. The standard InChI is InChI=1S/C33H33F2N5O4/c1-19-10-9-11-20(2)28(19)40-29(23-18-39(15-14-26(23)38-40)32(43)44-33(3,4)5)22-16-25(35)27(17-24(22)34)36-31(42)37-30(41)21-12-7-6-8-13-21/h6-13,16-17H,14-15,18H2,1-5H3,(H2,36,37,41,42). The van der Waals surface area contributed by atoms with E-state index in [1.165, 1.54) is 17.0 Å². The molecule has 0 aliphatic carbocycles. The number of rotatable bonds is 4. The van der Waals surface area contributed by atoms with E-state index in [9.17, 15) is 14.4 Å². The highest BCUT2D eigenvalue weighted by atomic mass is 19.1. The first-order valence-corrected chi connectivity index (χ1v) is 14.1. The lowest BCUT2D eigenvalue weighted by Crippen LogP contribution is -2.39. The number of halogens is 2. The summed E-state index contributed by atoms with van der Waals surface area (Å²) in [7, 11) is 0. The SMILES string of the molecule is Cc1cccc(C)c1-n1nc2c(c1-c1cc(F)c(NC(=O)NC(=O)c3ccccc3)cc1F)CN(C(=O)OC(C)(C)C)CC2. The minimum atomic E-state index is -1.02. The third kappa shape index (κ3) is 6.31. The van der Waals surface area contributed by atoms with E-state index in [1.807, 2.05) is 32.0 Å². The molecule has 4 aromatic rings. The molecule has 0 spiro atoms. The molecule has 11 heteroatoms. The maximum atomic E-state index is 16.0. The number of carbonyl (C=O) groups excluding carboxylic acids is 3. The van der Waals surface area contributed by atoms with Crippen molar-refractivity contribution in [2.75, 3.05) is 11.9 Å². The van der Waals surface area contributed by atoms with Gasteiger partial charge in [-0.2, -0.15) is 5.10 Å². The van der Waals surface area contributed by atoms with Crippen LogP contribution in [-0.2, 0) is 17.7 Å². The summed E-state index contributed by atoms with van der Waals surface area (Å²) < 4.78 is 38.7. The van der Waals surface area contributed by atoms with Crippen molar-refractivity contribution in [1.29, 1.82) is 0 Å². The molecule has 228 valence electrons. The van der Waals surface area contributed by atoms with Crippen molar-refractivity contribution >= 4 is 23.7 Å². The molecule has 0 atom stereocenters. The van der Waals surface area contributed by atoms with Crippen molar-refractivity contribution in [1.82, 2.24) is 20.0 Å². The Morgan fingerprint density at radius 3 is 2.27 bits per heavy atom. The average molecular weight is 602 g/mol. The quantitative estimate of drug-likeness (QED) is 0.271. The maximum Gasteiger partial charge on any atom is 0.410 e. The van der Waals surface area contributed by atoms with Crippen molar-refractivity contribution in [3.8, 4) is 16.9 Å². The molecule has 9 nitrogen and oxygen atoms in total. The minimum Gasteiger partial charge on any atom is -0.444 e. The number of amides is 4. The normalized spacial score (nSPS) is 12.8. The van der Waals surface area contributed by atoms with E-state index < -0.39 is 41.0 Å². The van der Waals surface area contributed by atoms with Gasteiger partial charge in [-0.15, -0.1) is 0 Å². The first-order valence-electron chi connectivity index (χ1n) is 14.1. The molecule has 0 saturated heterocycles. The molecule has 0 saturated carbocycles. The maximum absolute atomic E-state index is 16.0. The number of aromatic nitrogens is 2. The highest BCUT2D eigenvalue weighted by molar-refractivity contribution is 6.08. The molecule has 44 heavy (non-hydrogen) atoms. The molecule has 1 aliphatic heterocycles. The summed E-state index contributed by atoms with van der Waals surface area (Å²) in [4.78, 5) is 39.3. The fourth-order valence-corrected chi connectivity index (χ4v) is 5.18. The van der Waals surface area contributed by atoms with E-state index in [2.05, 4.69) is 10.6 Å². The van der Waals surface area contributed by atoms with Crippen LogP contribution in [0.2, 0.25) is 0 Å². The Labute approximate surface area is 253 Å². The van der Waals surface area contributed by atoms with Gasteiger partial charge in [0.25, 0.3) is 5.91 Å². The van der Waals surface area contributed by atoms with E-state index in [0.29, 0.717) is 29.9 Å². The summed E-state index contributed by atoms with van der Waals surface area (Å²) in [6.45, 7) is 9.55. The average Bonchev–Trinajstić information content (AvgIpc) is 3.32. The molecule has 0 radical (unpaired) electrons. The zero-order valence-corrected chi connectivity index (χ0v) is 25.1. The topological polar surface area (TPSA) is 106 Å². The Morgan fingerprint density at radius 2 is 1.61 bits per heavy atom. The number of anilines is 1. The van der Waals surface area contributed by atoms with Crippen LogP contribution >= 0.6 is 0 Å². The van der Waals surface area contributed by atoms with E-state index >= 15 is 8.78 Å². The van der Waals surface area contributed by atoms with Gasteiger partial charge < -0.3 is 15.0 Å². The van der Waals surface area contributed by atoms with E-state index in [0.717, 1.165) is 23.3 Å². The molecule has 1 aliphatic rings. The summed E-state index contributed by atoms with van der Waals surface area (Å²) >= 11 is 0. The number of urea groups is 1. The lowest BCUT2D eigenvalue weighted by Gasteiger charge is -2.30. The Bertz CT molecular complexity index is 1740. The van der Waals surface area contributed by atoms with Gasteiger partial charge in [0, 0.05) is 35.7 Å².